The van der Waals surface area contributed by atoms with E-state index < -0.39 is 4.92 Å². The van der Waals surface area contributed by atoms with Crippen LogP contribution >= 0.6 is 27.3 Å². The van der Waals surface area contributed by atoms with Crippen molar-refractivity contribution in [2.24, 2.45) is 0 Å². The number of nitro groups is 1. The summed E-state index contributed by atoms with van der Waals surface area (Å²) in [4.78, 5) is 11.5. The highest BCUT2D eigenvalue weighted by Gasteiger charge is 2.16. The van der Waals surface area contributed by atoms with Crippen LogP contribution in [0.15, 0.2) is 34.1 Å². The molecule has 0 aliphatic rings. The predicted octanol–water partition coefficient (Wildman–Crippen LogP) is 4.01. The monoisotopic (exact) mass is 343 g/mol. The van der Waals surface area contributed by atoms with Crippen molar-refractivity contribution in [1.29, 1.82) is 0 Å². The standard InChI is InChI=1S/C12H10BrNO4S/c1-17-9-2-3-12(11(5-9)14(15)16)18-6-10-4-8(13)7-19-10/h2-5,7H,6H2,1H3. The lowest BCUT2D eigenvalue weighted by atomic mass is 10.3. The highest BCUT2D eigenvalue weighted by molar-refractivity contribution is 9.10. The van der Waals surface area contributed by atoms with Gasteiger partial charge in [0.2, 0.25) is 0 Å². The van der Waals surface area contributed by atoms with Crippen molar-refractivity contribution in [2.45, 2.75) is 6.61 Å². The molecular weight excluding hydrogens is 334 g/mol. The first-order chi connectivity index (χ1) is 9.10. The van der Waals surface area contributed by atoms with Gasteiger partial charge < -0.3 is 9.47 Å². The summed E-state index contributed by atoms with van der Waals surface area (Å²) in [5.74, 6) is 0.660. The maximum Gasteiger partial charge on any atom is 0.314 e. The van der Waals surface area contributed by atoms with E-state index in [2.05, 4.69) is 15.9 Å². The number of hydrogen-bond acceptors (Lipinski definition) is 5. The Morgan fingerprint density at radius 2 is 2.21 bits per heavy atom. The Labute approximate surface area is 122 Å². The number of thiophene rings is 1. The van der Waals surface area contributed by atoms with Crippen LogP contribution in [0.1, 0.15) is 4.88 Å². The third-order valence-corrected chi connectivity index (χ3v) is 4.03. The van der Waals surface area contributed by atoms with Crippen LogP contribution < -0.4 is 9.47 Å². The van der Waals surface area contributed by atoms with E-state index in [4.69, 9.17) is 9.47 Å². The molecule has 5 nitrogen and oxygen atoms in total. The Balaban J connectivity index is 2.17. The molecule has 0 bridgehead atoms. The Kier molecular flexibility index (Phi) is 4.39. The van der Waals surface area contributed by atoms with Gasteiger partial charge in [-0.3, -0.25) is 10.1 Å². The minimum absolute atomic E-state index is 0.102. The zero-order valence-corrected chi connectivity index (χ0v) is 12.4. The number of ether oxygens (including phenoxy) is 2. The van der Waals surface area contributed by atoms with Crippen LogP contribution in [0.4, 0.5) is 5.69 Å². The van der Waals surface area contributed by atoms with Crippen molar-refractivity contribution >= 4 is 33.0 Å². The lowest BCUT2D eigenvalue weighted by Gasteiger charge is -2.06. The highest BCUT2D eigenvalue weighted by atomic mass is 79.9. The van der Waals surface area contributed by atoms with E-state index >= 15 is 0 Å². The first kappa shape index (κ1) is 13.8. The molecule has 19 heavy (non-hydrogen) atoms. The summed E-state index contributed by atoms with van der Waals surface area (Å²) in [5, 5.41) is 12.9. The van der Waals surface area contributed by atoms with Gasteiger partial charge >= 0.3 is 5.69 Å². The van der Waals surface area contributed by atoms with E-state index in [9.17, 15) is 10.1 Å². The van der Waals surface area contributed by atoms with Crippen molar-refractivity contribution in [1.82, 2.24) is 0 Å². The van der Waals surface area contributed by atoms with E-state index in [1.165, 1.54) is 24.5 Å². The number of benzene rings is 1. The predicted molar refractivity (Wildman–Crippen MR) is 76.0 cm³/mol. The molecule has 1 aromatic carbocycles. The largest absolute Gasteiger partial charge is 0.496 e. The third kappa shape index (κ3) is 3.45. The number of hydrogen-bond donors (Lipinski definition) is 0. The van der Waals surface area contributed by atoms with Gasteiger partial charge in [0, 0.05) is 14.7 Å². The molecule has 0 aliphatic carbocycles. The fraction of sp³-hybridized carbons (Fsp3) is 0.167. The first-order valence-electron chi connectivity index (χ1n) is 5.28. The Hall–Kier alpha value is -1.60. The molecule has 0 saturated heterocycles. The second-order valence-corrected chi connectivity index (χ2v) is 5.52. The van der Waals surface area contributed by atoms with Crippen molar-refractivity contribution in [3.8, 4) is 11.5 Å². The van der Waals surface area contributed by atoms with Gasteiger partial charge in [0.05, 0.1) is 18.1 Å². The van der Waals surface area contributed by atoms with Gasteiger partial charge in [-0.2, -0.15) is 0 Å². The van der Waals surface area contributed by atoms with Crippen molar-refractivity contribution in [2.75, 3.05) is 7.11 Å². The summed E-state index contributed by atoms with van der Waals surface area (Å²) in [5.41, 5.74) is -0.102. The molecule has 0 spiro atoms. The molecule has 0 radical (unpaired) electrons. The fourth-order valence-electron chi connectivity index (χ4n) is 1.47. The van der Waals surface area contributed by atoms with E-state index in [1.54, 1.807) is 12.1 Å². The SMILES string of the molecule is COc1ccc(OCc2cc(Br)cs2)c([N+](=O)[O-])c1. The van der Waals surface area contributed by atoms with Crippen LogP contribution in [0.3, 0.4) is 0 Å². The van der Waals surface area contributed by atoms with Gasteiger partial charge in [-0.1, -0.05) is 0 Å². The average Bonchev–Trinajstić information content (AvgIpc) is 2.82. The van der Waals surface area contributed by atoms with Gasteiger partial charge in [-0.25, -0.2) is 0 Å². The van der Waals surface area contributed by atoms with Gasteiger partial charge in [-0.05, 0) is 34.1 Å². The minimum Gasteiger partial charge on any atom is -0.496 e. The van der Waals surface area contributed by atoms with Gasteiger partial charge in [0.25, 0.3) is 0 Å². The summed E-state index contributed by atoms with van der Waals surface area (Å²) >= 11 is 4.87. The molecule has 0 saturated carbocycles. The molecule has 0 atom stereocenters. The van der Waals surface area contributed by atoms with E-state index in [0.717, 1.165) is 9.35 Å². The molecule has 7 heteroatoms. The normalized spacial score (nSPS) is 10.2. The highest BCUT2D eigenvalue weighted by Crippen LogP contribution is 2.32. The van der Waals surface area contributed by atoms with Crippen LogP contribution in [-0.2, 0) is 6.61 Å². The number of halogens is 1. The number of rotatable bonds is 5. The minimum atomic E-state index is -0.484. The zero-order valence-electron chi connectivity index (χ0n) is 9.96. The summed E-state index contributed by atoms with van der Waals surface area (Å²) in [7, 11) is 1.46. The van der Waals surface area contributed by atoms with Gasteiger partial charge in [0.1, 0.15) is 12.4 Å². The summed E-state index contributed by atoms with van der Waals surface area (Å²) in [6.45, 7) is 0.295. The van der Waals surface area contributed by atoms with Crippen molar-refractivity contribution < 1.29 is 14.4 Å². The fourth-order valence-corrected chi connectivity index (χ4v) is 2.83. The molecular formula is C12H10BrNO4S. The third-order valence-electron chi connectivity index (χ3n) is 2.35. The Morgan fingerprint density at radius 1 is 1.42 bits per heavy atom. The molecule has 0 N–H and O–H groups in total. The lowest BCUT2D eigenvalue weighted by Crippen LogP contribution is -1.98. The van der Waals surface area contributed by atoms with Crippen LogP contribution in [0.5, 0.6) is 11.5 Å². The number of nitrogens with zero attached hydrogens (tertiary/aromatic N) is 1. The van der Waals surface area contributed by atoms with Crippen LogP contribution in [-0.4, -0.2) is 12.0 Å². The van der Waals surface area contributed by atoms with Crippen molar-refractivity contribution in [3.63, 3.8) is 0 Å². The maximum atomic E-state index is 11.0. The molecule has 0 aliphatic heterocycles. The van der Waals surface area contributed by atoms with E-state index in [-0.39, 0.29) is 11.4 Å². The first-order valence-corrected chi connectivity index (χ1v) is 6.95. The molecule has 0 unspecified atom stereocenters. The number of methoxy groups -OCH3 is 1. The number of nitro benzene ring substituents is 1. The second-order valence-electron chi connectivity index (χ2n) is 3.61. The molecule has 100 valence electrons. The van der Waals surface area contributed by atoms with Gasteiger partial charge in [-0.15, -0.1) is 11.3 Å². The van der Waals surface area contributed by atoms with E-state index in [1.807, 2.05) is 11.4 Å². The lowest BCUT2D eigenvalue weighted by molar-refractivity contribution is -0.386. The van der Waals surface area contributed by atoms with Crippen LogP contribution in [0.25, 0.3) is 0 Å². The molecule has 1 heterocycles. The molecule has 0 fully saturated rings. The van der Waals surface area contributed by atoms with Crippen LogP contribution in [0, 0.1) is 10.1 Å². The summed E-state index contributed by atoms with van der Waals surface area (Å²) in [6, 6.07) is 6.44. The molecule has 1 aromatic heterocycles. The quantitative estimate of drug-likeness (QED) is 0.607. The summed E-state index contributed by atoms with van der Waals surface area (Å²) in [6.07, 6.45) is 0. The zero-order chi connectivity index (χ0) is 13.8. The molecule has 2 aromatic rings. The topological polar surface area (TPSA) is 61.6 Å². The molecule has 2 rings (SSSR count). The Bertz CT molecular complexity index is 599. The second kappa shape index (κ2) is 6.03. The Morgan fingerprint density at radius 3 is 2.79 bits per heavy atom. The van der Waals surface area contributed by atoms with Gasteiger partial charge in [0.15, 0.2) is 5.75 Å². The molecule has 0 amide bonds. The maximum absolute atomic E-state index is 11.0. The van der Waals surface area contributed by atoms with E-state index in [0.29, 0.717) is 12.4 Å². The van der Waals surface area contributed by atoms with Crippen LogP contribution in [0.2, 0.25) is 0 Å². The smallest absolute Gasteiger partial charge is 0.314 e. The van der Waals surface area contributed by atoms with Crippen molar-refractivity contribution in [3.05, 3.63) is 49.1 Å². The summed E-state index contributed by atoms with van der Waals surface area (Å²) < 4.78 is 11.4. The average molecular weight is 344 g/mol.